The SMILES string of the molecule is O=C1CCC(N2Cc3ccc(CNC(=O)OC4CCC4)cc3C2=O)C(=O)N1. The second kappa shape index (κ2) is 7.02. The van der Waals surface area contributed by atoms with Crippen molar-refractivity contribution < 1.29 is 23.9 Å². The van der Waals surface area contributed by atoms with E-state index in [-0.39, 0.29) is 30.9 Å². The standard InChI is InChI=1S/C19H21N3O5/c23-16-7-6-15(17(24)21-16)22-10-12-5-4-11(8-14(12)18(22)25)9-20-19(26)27-13-2-1-3-13/h4-5,8,13,15H,1-3,6-7,9-10H2,(H,20,26)(H,21,23,24). The number of ether oxygens (including phenoxy) is 1. The van der Waals surface area contributed by atoms with E-state index in [1.54, 1.807) is 6.07 Å². The molecule has 1 aliphatic carbocycles. The van der Waals surface area contributed by atoms with Gasteiger partial charge < -0.3 is 15.0 Å². The number of rotatable bonds is 4. The number of benzene rings is 1. The summed E-state index contributed by atoms with van der Waals surface area (Å²) >= 11 is 0. The van der Waals surface area contributed by atoms with Crippen LogP contribution < -0.4 is 10.6 Å². The third-order valence-corrected chi connectivity index (χ3v) is 5.36. The van der Waals surface area contributed by atoms with E-state index in [9.17, 15) is 19.2 Å². The lowest BCUT2D eigenvalue weighted by molar-refractivity contribution is -0.136. The van der Waals surface area contributed by atoms with Crippen LogP contribution in [0.4, 0.5) is 4.79 Å². The molecule has 4 amide bonds. The zero-order valence-electron chi connectivity index (χ0n) is 14.8. The predicted molar refractivity (Wildman–Crippen MR) is 93.4 cm³/mol. The number of hydrogen-bond acceptors (Lipinski definition) is 5. The molecular formula is C19H21N3O5. The molecule has 3 aliphatic rings. The zero-order chi connectivity index (χ0) is 19.0. The Morgan fingerprint density at radius 1 is 1.22 bits per heavy atom. The Morgan fingerprint density at radius 2 is 2.04 bits per heavy atom. The zero-order valence-corrected chi connectivity index (χ0v) is 14.8. The highest BCUT2D eigenvalue weighted by Gasteiger charge is 2.39. The molecule has 1 aromatic rings. The molecule has 2 heterocycles. The summed E-state index contributed by atoms with van der Waals surface area (Å²) in [7, 11) is 0. The fraction of sp³-hybridized carbons (Fsp3) is 0.474. The summed E-state index contributed by atoms with van der Waals surface area (Å²) in [6.07, 6.45) is 3.06. The minimum absolute atomic E-state index is 0.0219. The van der Waals surface area contributed by atoms with Crippen LogP contribution in [0.15, 0.2) is 18.2 Å². The highest BCUT2D eigenvalue weighted by Crippen LogP contribution is 2.28. The average Bonchev–Trinajstić information content (AvgIpc) is 2.93. The van der Waals surface area contributed by atoms with E-state index in [1.807, 2.05) is 12.1 Å². The number of fused-ring (bicyclic) bond motifs is 1. The van der Waals surface area contributed by atoms with E-state index in [4.69, 9.17) is 4.74 Å². The minimum atomic E-state index is -0.623. The largest absolute Gasteiger partial charge is 0.446 e. The van der Waals surface area contributed by atoms with Gasteiger partial charge in [-0.05, 0) is 42.9 Å². The van der Waals surface area contributed by atoms with Gasteiger partial charge in [-0.1, -0.05) is 12.1 Å². The molecular weight excluding hydrogens is 350 g/mol. The lowest BCUT2D eigenvalue weighted by Crippen LogP contribution is -2.52. The van der Waals surface area contributed by atoms with Crippen molar-refractivity contribution in [2.24, 2.45) is 0 Å². The molecule has 1 aromatic carbocycles. The van der Waals surface area contributed by atoms with E-state index in [0.717, 1.165) is 30.4 Å². The first-order valence-electron chi connectivity index (χ1n) is 9.22. The fourth-order valence-electron chi connectivity index (χ4n) is 3.57. The molecule has 8 heteroatoms. The normalized spacial score (nSPS) is 22.1. The number of piperidine rings is 1. The number of nitrogens with one attached hydrogen (secondary N) is 2. The summed E-state index contributed by atoms with van der Waals surface area (Å²) in [6.45, 7) is 0.613. The van der Waals surface area contributed by atoms with Crippen LogP contribution in [-0.2, 0) is 27.4 Å². The average molecular weight is 371 g/mol. The molecule has 0 spiro atoms. The predicted octanol–water partition coefficient (Wildman–Crippen LogP) is 1.23. The van der Waals surface area contributed by atoms with Crippen LogP contribution in [0.2, 0.25) is 0 Å². The third-order valence-electron chi connectivity index (χ3n) is 5.36. The molecule has 2 N–H and O–H groups in total. The van der Waals surface area contributed by atoms with E-state index < -0.39 is 18.0 Å². The molecule has 0 radical (unpaired) electrons. The first kappa shape index (κ1) is 17.5. The molecule has 0 aromatic heterocycles. The number of alkyl carbamates (subject to hydrolysis) is 1. The molecule has 1 saturated heterocycles. The molecule has 1 atom stereocenters. The monoisotopic (exact) mass is 371 g/mol. The minimum Gasteiger partial charge on any atom is -0.446 e. The highest BCUT2D eigenvalue weighted by atomic mass is 16.6. The topological polar surface area (TPSA) is 105 Å². The van der Waals surface area contributed by atoms with Gasteiger partial charge in [0.25, 0.3) is 5.91 Å². The second-order valence-corrected chi connectivity index (χ2v) is 7.20. The van der Waals surface area contributed by atoms with Gasteiger partial charge in [-0.15, -0.1) is 0 Å². The van der Waals surface area contributed by atoms with Gasteiger partial charge >= 0.3 is 6.09 Å². The first-order valence-corrected chi connectivity index (χ1v) is 9.22. The van der Waals surface area contributed by atoms with Gasteiger partial charge in [0.2, 0.25) is 11.8 Å². The van der Waals surface area contributed by atoms with Crippen LogP contribution in [0, 0.1) is 0 Å². The van der Waals surface area contributed by atoms with Gasteiger partial charge in [0, 0.05) is 25.1 Å². The van der Waals surface area contributed by atoms with Crippen molar-refractivity contribution in [3.63, 3.8) is 0 Å². The molecule has 1 saturated carbocycles. The lowest BCUT2D eigenvalue weighted by Gasteiger charge is -2.29. The summed E-state index contributed by atoms with van der Waals surface area (Å²) in [5.41, 5.74) is 2.16. The van der Waals surface area contributed by atoms with Crippen LogP contribution in [-0.4, -0.2) is 40.9 Å². The third kappa shape index (κ3) is 3.51. The molecule has 27 heavy (non-hydrogen) atoms. The van der Waals surface area contributed by atoms with Gasteiger partial charge in [0.15, 0.2) is 0 Å². The summed E-state index contributed by atoms with van der Waals surface area (Å²) in [6, 6.07) is 4.81. The maximum atomic E-state index is 12.8. The number of carbonyl (C=O) groups is 4. The van der Waals surface area contributed by atoms with Gasteiger partial charge in [-0.2, -0.15) is 0 Å². The summed E-state index contributed by atoms with van der Waals surface area (Å²) in [4.78, 5) is 49.4. The van der Waals surface area contributed by atoms with Crippen LogP contribution in [0.1, 0.15) is 53.6 Å². The van der Waals surface area contributed by atoms with E-state index in [2.05, 4.69) is 10.6 Å². The highest BCUT2D eigenvalue weighted by molar-refractivity contribution is 6.05. The number of nitrogens with zero attached hydrogens (tertiary/aromatic N) is 1. The summed E-state index contributed by atoms with van der Waals surface area (Å²) < 4.78 is 5.24. The Labute approximate surface area is 156 Å². The van der Waals surface area contributed by atoms with Crippen molar-refractivity contribution in [2.45, 2.75) is 57.3 Å². The molecule has 2 aliphatic heterocycles. The molecule has 2 fully saturated rings. The maximum absolute atomic E-state index is 12.8. The van der Waals surface area contributed by atoms with Gasteiger partial charge in [-0.3, -0.25) is 19.7 Å². The second-order valence-electron chi connectivity index (χ2n) is 7.20. The lowest BCUT2D eigenvalue weighted by atomic mass is 9.96. The quantitative estimate of drug-likeness (QED) is 0.775. The van der Waals surface area contributed by atoms with E-state index in [0.29, 0.717) is 18.5 Å². The van der Waals surface area contributed by atoms with Gasteiger partial charge in [-0.25, -0.2) is 4.79 Å². The Morgan fingerprint density at radius 3 is 2.74 bits per heavy atom. The molecule has 8 nitrogen and oxygen atoms in total. The van der Waals surface area contributed by atoms with Crippen molar-refractivity contribution in [1.82, 2.24) is 15.5 Å². The molecule has 0 bridgehead atoms. The Bertz CT molecular complexity index is 818. The van der Waals surface area contributed by atoms with E-state index >= 15 is 0 Å². The van der Waals surface area contributed by atoms with Crippen molar-refractivity contribution in [2.75, 3.05) is 0 Å². The summed E-state index contributed by atoms with van der Waals surface area (Å²) in [5.74, 6) is -0.950. The van der Waals surface area contributed by atoms with Crippen LogP contribution in [0.3, 0.4) is 0 Å². The van der Waals surface area contributed by atoms with Crippen molar-refractivity contribution >= 4 is 23.8 Å². The number of carbonyl (C=O) groups excluding carboxylic acids is 4. The number of hydrogen-bond donors (Lipinski definition) is 2. The van der Waals surface area contributed by atoms with Crippen molar-refractivity contribution in [1.29, 1.82) is 0 Å². The number of imide groups is 1. The van der Waals surface area contributed by atoms with Crippen LogP contribution in [0.25, 0.3) is 0 Å². The van der Waals surface area contributed by atoms with E-state index in [1.165, 1.54) is 4.90 Å². The smallest absolute Gasteiger partial charge is 0.407 e. The maximum Gasteiger partial charge on any atom is 0.407 e. The van der Waals surface area contributed by atoms with Crippen LogP contribution in [0.5, 0.6) is 0 Å². The van der Waals surface area contributed by atoms with Crippen molar-refractivity contribution in [3.8, 4) is 0 Å². The molecule has 142 valence electrons. The Hall–Kier alpha value is -2.90. The first-order chi connectivity index (χ1) is 13.0. The molecule has 4 rings (SSSR count). The van der Waals surface area contributed by atoms with Gasteiger partial charge in [0.05, 0.1) is 0 Å². The fourth-order valence-corrected chi connectivity index (χ4v) is 3.57. The van der Waals surface area contributed by atoms with Crippen LogP contribution >= 0.6 is 0 Å². The number of amides is 4. The molecule has 1 unspecified atom stereocenters. The van der Waals surface area contributed by atoms with Gasteiger partial charge in [0.1, 0.15) is 12.1 Å². The summed E-state index contributed by atoms with van der Waals surface area (Å²) in [5, 5.41) is 4.99. The Kier molecular flexibility index (Phi) is 4.55. The Balaban J connectivity index is 1.39. The van der Waals surface area contributed by atoms with Crippen molar-refractivity contribution in [3.05, 3.63) is 34.9 Å².